The monoisotopic (exact) mass is 491 g/mol. The molecule has 0 N–H and O–H groups in total. The quantitative estimate of drug-likeness (QED) is 0.170. The molecule has 0 bridgehead atoms. The van der Waals surface area contributed by atoms with Crippen molar-refractivity contribution in [1.82, 2.24) is 4.98 Å². The molecule has 0 amide bonds. The Kier molecular flexibility index (Phi) is 3.93. The first-order valence-corrected chi connectivity index (χ1v) is 13.3. The molecule has 3 aromatic carbocycles. The molecule has 3 nitrogen and oxygen atoms in total. The number of pyridine rings is 2. The molecule has 0 atom stereocenters. The molecule has 0 saturated heterocycles. The van der Waals surface area contributed by atoms with E-state index in [-0.39, 0.29) is 11.0 Å². The highest BCUT2D eigenvalue weighted by molar-refractivity contribution is 6.28. The molecular weight excluding hydrogens is 452 g/mol. The SMILES string of the molecule is [2H]C([2H])([2H])c1c[n+](C)c2c3c(C)cccc3c3cc4c(cc3c2c1C1([2H])CCC(C)(C)CC1)oc1nc(C)ccc14. The number of rotatable bonds is 1. The minimum Gasteiger partial charge on any atom is -0.438 e. The molecule has 3 heteroatoms. The van der Waals surface area contributed by atoms with Gasteiger partial charge in [0.25, 0.3) is 0 Å². The molecule has 0 aliphatic heterocycles. The predicted octanol–water partition coefficient (Wildman–Crippen LogP) is 8.87. The first-order valence-electron chi connectivity index (χ1n) is 15.3. The summed E-state index contributed by atoms with van der Waals surface area (Å²) in [6.45, 7) is 6.21. The molecule has 0 unspecified atom stereocenters. The highest BCUT2D eigenvalue weighted by atomic mass is 16.3. The molecule has 1 aliphatic carbocycles. The van der Waals surface area contributed by atoms with Crippen LogP contribution in [0.5, 0.6) is 0 Å². The topological polar surface area (TPSA) is 29.9 Å². The van der Waals surface area contributed by atoms with Crippen LogP contribution in [0.2, 0.25) is 0 Å². The Morgan fingerprint density at radius 3 is 2.54 bits per heavy atom. The average molecular weight is 492 g/mol. The van der Waals surface area contributed by atoms with Crippen molar-refractivity contribution in [3.05, 3.63) is 71.0 Å². The molecule has 186 valence electrons. The Morgan fingerprint density at radius 2 is 1.76 bits per heavy atom. The van der Waals surface area contributed by atoms with Crippen LogP contribution in [0.15, 0.2) is 53.1 Å². The third-order valence-electron chi connectivity index (χ3n) is 8.68. The van der Waals surface area contributed by atoms with Gasteiger partial charge in [-0.3, -0.25) is 0 Å². The summed E-state index contributed by atoms with van der Waals surface area (Å²) < 4.78 is 44.1. The van der Waals surface area contributed by atoms with E-state index in [2.05, 4.69) is 62.2 Å². The van der Waals surface area contributed by atoms with Gasteiger partial charge in [0.05, 0.1) is 10.8 Å². The maximum atomic E-state index is 9.93. The molecule has 6 aromatic rings. The zero-order valence-corrected chi connectivity index (χ0v) is 22.2. The van der Waals surface area contributed by atoms with Crippen LogP contribution in [0.25, 0.3) is 54.5 Å². The standard InChI is InChI=1S/C34H35N2O/c1-19-8-7-9-23-25-16-26-24-11-10-21(3)35-33(24)37-28(26)17-27(25)31-29(22-12-14-34(4,5)15-13-22)20(2)18-36(6)32(31)30(19)23/h7-11,16-18,22H,12-15H2,1-6H3/q+1/i2D3,22D. The van der Waals surface area contributed by atoms with E-state index in [1.165, 1.54) is 0 Å². The fourth-order valence-electron chi connectivity index (χ4n) is 6.59. The predicted molar refractivity (Wildman–Crippen MR) is 154 cm³/mol. The molecule has 7 rings (SSSR count). The summed E-state index contributed by atoms with van der Waals surface area (Å²) in [6.07, 6.45) is 4.76. The van der Waals surface area contributed by atoms with Crippen LogP contribution in [0, 0.1) is 26.1 Å². The van der Waals surface area contributed by atoms with Gasteiger partial charge in [-0.05, 0) is 104 Å². The van der Waals surface area contributed by atoms with Crippen LogP contribution in [-0.4, -0.2) is 4.98 Å². The van der Waals surface area contributed by atoms with E-state index in [0.717, 1.165) is 72.9 Å². The van der Waals surface area contributed by atoms with Gasteiger partial charge in [-0.15, -0.1) is 0 Å². The van der Waals surface area contributed by atoms with E-state index < -0.39 is 12.7 Å². The molecule has 1 aliphatic rings. The van der Waals surface area contributed by atoms with Crippen molar-refractivity contribution in [1.29, 1.82) is 0 Å². The number of hydrogen-bond donors (Lipinski definition) is 0. The fourth-order valence-corrected chi connectivity index (χ4v) is 6.59. The van der Waals surface area contributed by atoms with E-state index >= 15 is 0 Å². The number of furan rings is 1. The smallest absolute Gasteiger partial charge is 0.227 e. The van der Waals surface area contributed by atoms with Gasteiger partial charge in [0.15, 0.2) is 6.20 Å². The van der Waals surface area contributed by atoms with Crippen LogP contribution >= 0.6 is 0 Å². The van der Waals surface area contributed by atoms with Crippen molar-refractivity contribution in [2.75, 3.05) is 0 Å². The van der Waals surface area contributed by atoms with E-state index in [1.807, 2.05) is 24.6 Å². The lowest BCUT2D eigenvalue weighted by atomic mass is 9.70. The van der Waals surface area contributed by atoms with E-state index in [1.54, 1.807) is 6.20 Å². The summed E-state index contributed by atoms with van der Waals surface area (Å²) in [4.78, 5) is 4.64. The first-order chi connectivity index (χ1) is 19.3. The molecule has 1 fully saturated rings. The van der Waals surface area contributed by atoms with Gasteiger partial charge < -0.3 is 4.42 Å². The maximum Gasteiger partial charge on any atom is 0.227 e. The van der Waals surface area contributed by atoms with Gasteiger partial charge in [0.1, 0.15) is 12.6 Å². The Bertz CT molecular complexity index is 2060. The summed E-state index contributed by atoms with van der Waals surface area (Å²) in [5.41, 5.74) is 5.36. The first kappa shape index (κ1) is 18.7. The molecule has 0 radical (unpaired) electrons. The van der Waals surface area contributed by atoms with Gasteiger partial charge in [0, 0.05) is 32.9 Å². The van der Waals surface area contributed by atoms with Crippen molar-refractivity contribution < 1.29 is 14.5 Å². The number of fused-ring (bicyclic) bond motifs is 9. The molecule has 1 saturated carbocycles. The summed E-state index contributed by atoms with van der Waals surface area (Å²) >= 11 is 0. The van der Waals surface area contributed by atoms with Gasteiger partial charge in [-0.2, -0.15) is 0 Å². The van der Waals surface area contributed by atoms with E-state index in [0.29, 0.717) is 24.1 Å². The molecule has 3 aromatic heterocycles. The summed E-state index contributed by atoms with van der Waals surface area (Å²) in [7, 11) is 1.94. The fraction of sp³-hybridized carbons (Fsp3) is 0.353. The lowest BCUT2D eigenvalue weighted by molar-refractivity contribution is -0.644. The van der Waals surface area contributed by atoms with Crippen molar-refractivity contribution in [2.24, 2.45) is 12.5 Å². The second kappa shape index (κ2) is 7.77. The molecule has 37 heavy (non-hydrogen) atoms. The van der Waals surface area contributed by atoms with Crippen LogP contribution in [0.3, 0.4) is 0 Å². The Balaban J connectivity index is 1.75. The maximum absolute atomic E-state index is 9.93. The van der Waals surface area contributed by atoms with Crippen molar-refractivity contribution in [3.63, 3.8) is 0 Å². The largest absolute Gasteiger partial charge is 0.438 e. The third kappa shape index (κ3) is 3.32. The highest BCUT2D eigenvalue weighted by Crippen LogP contribution is 2.48. The number of nitrogens with zero attached hydrogens (tertiary/aromatic N) is 2. The summed E-state index contributed by atoms with van der Waals surface area (Å²) in [6, 6.07) is 14.7. The lowest BCUT2D eigenvalue weighted by Gasteiger charge is -2.35. The second-order valence-corrected chi connectivity index (χ2v) is 11.8. The second-order valence-electron chi connectivity index (χ2n) is 11.8. The van der Waals surface area contributed by atoms with Gasteiger partial charge in [-0.1, -0.05) is 32.0 Å². The third-order valence-corrected chi connectivity index (χ3v) is 8.68. The van der Waals surface area contributed by atoms with Gasteiger partial charge in [0.2, 0.25) is 11.2 Å². The normalized spacial score (nSPS) is 19.4. The van der Waals surface area contributed by atoms with E-state index in [9.17, 15) is 1.37 Å². The molecular formula is C34H35N2O+. The molecule has 3 heterocycles. The summed E-state index contributed by atoms with van der Waals surface area (Å²) in [5, 5.41) is 6.97. The van der Waals surface area contributed by atoms with Crippen LogP contribution in [0.4, 0.5) is 0 Å². The van der Waals surface area contributed by atoms with Gasteiger partial charge in [-0.25, -0.2) is 9.55 Å². The van der Waals surface area contributed by atoms with Crippen LogP contribution in [-0.2, 0) is 7.05 Å². The highest BCUT2D eigenvalue weighted by Gasteiger charge is 2.32. The minimum atomic E-state index is -2.36. The number of aryl methyl sites for hydroxylation is 4. The zero-order chi connectivity index (χ0) is 29.1. The molecule has 0 spiro atoms. The lowest BCUT2D eigenvalue weighted by Crippen LogP contribution is -2.31. The van der Waals surface area contributed by atoms with E-state index in [4.69, 9.17) is 8.53 Å². The van der Waals surface area contributed by atoms with Crippen molar-refractivity contribution >= 4 is 54.5 Å². The number of aromatic nitrogens is 2. The van der Waals surface area contributed by atoms with Crippen molar-refractivity contribution in [2.45, 2.75) is 66.1 Å². The summed E-state index contributed by atoms with van der Waals surface area (Å²) in [5.74, 6) is -1.02. The Hall–Kier alpha value is -3.46. The van der Waals surface area contributed by atoms with Crippen LogP contribution in [0.1, 0.15) is 73.3 Å². The average Bonchev–Trinajstić information content (AvgIpc) is 3.25. The zero-order valence-electron chi connectivity index (χ0n) is 26.2. The Labute approximate surface area is 223 Å². The van der Waals surface area contributed by atoms with Crippen molar-refractivity contribution in [3.8, 4) is 0 Å². The number of hydrogen-bond acceptors (Lipinski definition) is 2. The minimum absolute atomic E-state index is 0.136. The number of benzene rings is 3. The van der Waals surface area contributed by atoms with Gasteiger partial charge >= 0.3 is 0 Å². The Morgan fingerprint density at radius 1 is 0.946 bits per heavy atom. The van der Waals surface area contributed by atoms with Crippen LogP contribution < -0.4 is 4.57 Å².